The van der Waals surface area contributed by atoms with Gasteiger partial charge < -0.3 is 0 Å². The zero-order chi connectivity index (χ0) is 12.4. The Bertz CT molecular complexity index is 578. The molecule has 2 aromatic rings. The molecule has 0 bridgehead atoms. The Labute approximate surface area is 99.1 Å². The average Bonchev–Trinajstić information content (AvgIpc) is 2.32. The van der Waals surface area contributed by atoms with E-state index in [1.807, 2.05) is 6.92 Å². The Hall–Kier alpha value is -2.03. The van der Waals surface area contributed by atoms with E-state index in [2.05, 4.69) is 4.98 Å². The number of benzene rings is 1. The summed E-state index contributed by atoms with van der Waals surface area (Å²) in [5.41, 5.74) is 2.51. The van der Waals surface area contributed by atoms with Gasteiger partial charge in [0.2, 0.25) is 0 Å². The van der Waals surface area contributed by atoms with Crippen molar-refractivity contribution in [1.29, 1.82) is 0 Å². The Morgan fingerprint density at radius 2 is 1.82 bits per heavy atom. The second-order valence-electron chi connectivity index (χ2n) is 3.98. The number of ketones is 1. The molecule has 1 aromatic carbocycles. The van der Waals surface area contributed by atoms with Gasteiger partial charge in [0.05, 0.1) is 0 Å². The third-order valence-corrected chi connectivity index (χ3v) is 2.73. The van der Waals surface area contributed by atoms with Crippen molar-refractivity contribution in [2.45, 2.75) is 13.8 Å². The van der Waals surface area contributed by atoms with Crippen LogP contribution in [0.1, 0.15) is 27.0 Å². The first kappa shape index (κ1) is 11.5. The maximum Gasteiger partial charge on any atom is 0.195 e. The minimum Gasteiger partial charge on any atom is -0.289 e. The summed E-state index contributed by atoms with van der Waals surface area (Å²) in [6.07, 6.45) is 3.15. The van der Waals surface area contributed by atoms with Crippen molar-refractivity contribution in [3.05, 3.63) is 64.7 Å². The molecule has 3 heteroatoms. The fourth-order valence-corrected chi connectivity index (χ4v) is 1.69. The first-order chi connectivity index (χ1) is 8.09. The molecule has 0 amide bonds. The van der Waals surface area contributed by atoms with Crippen LogP contribution in [0, 0.1) is 19.7 Å². The monoisotopic (exact) mass is 229 g/mol. The lowest BCUT2D eigenvalue weighted by atomic mass is 9.97. The molecule has 1 aromatic heterocycles. The fraction of sp³-hybridized carbons (Fsp3) is 0.143. The molecule has 0 aliphatic carbocycles. The van der Waals surface area contributed by atoms with E-state index in [1.165, 1.54) is 18.3 Å². The predicted molar refractivity (Wildman–Crippen MR) is 63.5 cm³/mol. The van der Waals surface area contributed by atoms with E-state index >= 15 is 0 Å². The van der Waals surface area contributed by atoms with Gasteiger partial charge in [0.15, 0.2) is 5.78 Å². The van der Waals surface area contributed by atoms with Crippen molar-refractivity contribution < 1.29 is 9.18 Å². The standard InChI is InChI=1S/C14H12FNO/c1-9-3-4-11(15)7-12(9)14(17)13-8-16-6-5-10(13)2/h3-8H,1-2H3. The molecule has 0 aliphatic heterocycles. The van der Waals surface area contributed by atoms with E-state index in [9.17, 15) is 9.18 Å². The SMILES string of the molecule is Cc1ccncc1C(=O)c1cc(F)ccc1C. The van der Waals surface area contributed by atoms with Crippen LogP contribution in [-0.4, -0.2) is 10.8 Å². The lowest BCUT2D eigenvalue weighted by molar-refractivity contribution is 0.103. The van der Waals surface area contributed by atoms with E-state index in [0.717, 1.165) is 11.1 Å². The number of nitrogens with zero attached hydrogens (tertiary/aromatic N) is 1. The molecule has 2 rings (SSSR count). The van der Waals surface area contributed by atoms with Crippen LogP contribution in [0.25, 0.3) is 0 Å². The molecule has 0 saturated carbocycles. The van der Waals surface area contributed by atoms with Crippen LogP contribution >= 0.6 is 0 Å². The Balaban J connectivity index is 2.51. The molecule has 0 atom stereocenters. The lowest BCUT2D eigenvalue weighted by Crippen LogP contribution is -2.06. The van der Waals surface area contributed by atoms with E-state index in [0.29, 0.717) is 11.1 Å². The van der Waals surface area contributed by atoms with Crippen molar-refractivity contribution >= 4 is 5.78 Å². The first-order valence-electron chi connectivity index (χ1n) is 5.31. The Morgan fingerprint density at radius 1 is 1.12 bits per heavy atom. The van der Waals surface area contributed by atoms with Crippen molar-refractivity contribution in [2.75, 3.05) is 0 Å². The molecule has 0 N–H and O–H groups in total. The number of rotatable bonds is 2. The summed E-state index contributed by atoms with van der Waals surface area (Å²) >= 11 is 0. The number of pyridine rings is 1. The maximum atomic E-state index is 13.2. The van der Waals surface area contributed by atoms with Crippen molar-refractivity contribution in [2.24, 2.45) is 0 Å². The van der Waals surface area contributed by atoms with E-state index in [-0.39, 0.29) is 5.78 Å². The van der Waals surface area contributed by atoms with Crippen LogP contribution in [0.3, 0.4) is 0 Å². The predicted octanol–water partition coefficient (Wildman–Crippen LogP) is 3.07. The second kappa shape index (κ2) is 4.45. The van der Waals surface area contributed by atoms with Gasteiger partial charge >= 0.3 is 0 Å². The Kier molecular flexibility index (Phi) is 3.00. The van der Waals surface area contributed by atoms with Crippen LogP contribution in [0.5, 0.6) is 0 Å². The summed E-state index contributed by atoms with van der Waals surface area (Å²) in [4.78, 5) is 16.2. The summed E-state index contributed by atoms with van der Waals surface area (Å²) in [5, 5.41) is 0. The van der Waals surface area contributed by atoms with Crippen molar-refractivity contribution in [3.8, 4) is 0 Å². The van der Waals surface area contributed by atoms with Gasteiger partial charge in [-0.15, -0.1) is 0 Å². The van der Waals surface area contributed by atoms with Crippen molar-refractivity contribution in [3.63, 3.8) is 0 Å². The normalized spacial score (nSPS) is 10.3. The molecule has 86 valence electrons. The number of aromatic nitrogens is 1. The van der Waals surface area contributed by atoms with Crippen molar-refractivity contribution in [1.82, 2.24) is 4.98 Å². The van der Waals surface area contributed by atoms with Gasteiger partial charge in [0.25, 0.3) is 0 Å². The molecule has 0 unspecified atom stereocenters. The Morgan fingerprint density at radius 3 is 2.53 bits per heavy atom. The van der Waals surface area contributed by atoms with Gasteiger partial charge in [-0.2, -0.15) is 0 Å². The quantitative estimate of drug-likeness (QED) is 0.741. The van der Waals surface area contributed by atoms with Gasteiger partial charge in [-0.1, -0.05) is 6.07 Å². The van der Waals surface area contributed by atoms with Gasteiger partial charge in [-0.25, -0.2) is 4.39 Å². The molecule has 2 nitrogen and oxygen atoms in total. The fourth-order valence-electron chi connectivity index (χ4n) is 1.69. The van der Waals surface area contributed by atoms with Gasteiger partial charge in [0, 0.05) is 23.5 Å². The van der Waals surface area contributed by atoms with Crippen LogP contribution in [0.15, 0.2) is 36.7 Å². The van der Waals surface area contributed by atoms with Gasteiger partial charge in [0.1, 0.15) is 5.82 Å². The highest BCUT2D eigenvalue weighted by Gasteiger charge is 2.14. The molecule has 0 saturated heterocycles. The van der Waals surface area contributed by atoms with Crippen LogP contribution in [0.2, 0.25) is 0 Å². The average molecular weight is 229 g/mol. The van der Waals surface area contributed by atoms with Gasteiger partial charge in [-0.05, 0) is 43.2 Å². The molecule has 1 heterocycles. The summed E-state index contributed by atoms with van der Waals surface area (Å²) in [6.45, 7) is 3.63. The number of carbonyl (C=O) groups excluding carboxylic acids is 1. The lowest BCUT2D eigenvalue weighted by Gasteiger charge is -2.07. The number of aryl methyl sites for hydroxylation is 2. The maximum absolute atomic E-state index is 13.2. The summed E-state index contributed by atoms with van der Waals surface area (Å²) in [5.74, 6) is -0.590. The van der Waals surface area contributed by atoms with Crippen LogP contribution < -0.4 is 0 Å². The largest absolute Gasteiger partial charge is 0.289 e. The number of halogens is 1. The molecule has 0 radical (unpaired) electrons. The third kappa shape index (κ3) is 2.23. The summed E-state index contributed by atoms with van der Waals surface area (Å²) < 4.78 is 13.2. The van der Waals surface area contributed by atoms with Crippen LogP contribution in [0.4, 0.5) is 4.39 Å². The molecular formula is C14H12FNO. The van der Waals surface area contributed by atoms with E-state index in [4.69, 9.17) is 0 Å². The van der Waals surface area contributed by atoms with E-state index < -0.39 is 5.82 Å². The topological polar surface area (TPSA) is 30.0 Å². The minimum atomic E-state index is -0.402. The number of carbonyl (C=O) groups is 1. The van der Waals surface area contributed by atoms with Crippen LogP contribution in [-0.2, 0) is 0 Å². The minimum absolute atomic E-state index is 0.187. The summed E-state index contributed by atoms with van der Waals surface area (Å²) in [7, 11) is 0. The highest BCUT2D eigenvalue weighted by molar-refractivity contribution is 6.10. The zero-order valence-electron chi connectivity index (χ0n) is 9.70. The molecule has 0 aliphatic rings. The smallest absolute Gasteiger partial charge is 0.195 e. The molecule has 17 heavy (non-hydrogen) atoms. The highest BCUT2D eigenvalue weighted by Crippen LogP contribution is 2.17. The number of hydrogen-bond acceptors (Lipinski definition) is 2. The van der Waals surface area contributed by atoms with E-state index in [1.54, 1.807) is 25.3 Å². The summed E-state index contributed by atoms with van der Waals surface area (Å²) in [6, 6.07) is 5.99. The first-order valence-corrected chi connectivity index (χ1v) is 5.31. The van der Waals surface area contributed by atoms with Gasteiger partial charge in [-0.3, -0.25) is 9.78 Å². The third-order valence-electron chi connectivity index (χ3n) is 2.73. The molecular weight excluding hydrogens is 217 g/mol. The molecule has 0 spiro atoms. The molecule has 0 fully saturated rings. The highest BCUT2D eigenvalue weighted by atomic mass is 19.1. The second-order valence-corrected chi connectivity index (χ2v) is 3.98. The zero-order valence-corrected chi connectivity index (χ0v) is 9.70. The number of hydrogen-bond donors (Lipinski definition) is 0.